The number of aliphatic hydroxyl groups excluding tert-OH is 1. The third-order valence-electron chi connectivity index (χ3n) is 3.66. The summed E-state index contributed by atoms with van der Waals surface area (Å²) in [5.41, 5.74) is 1.33. The van der Waals surface area contributed by atoms with Crippen molar-refractivity contribution in [2.24, 2.45) is 5.92 Å². The lowest BCUT2D eigenvalue weighted by Crippen LogP contribution is -2.38. The maximum atomic E-state index is 9.69. The highest BCUT2D eigenvalue weighted by Crippen LogP contribution is 2.44. The van der Waals surface area contributed by atoms with E-state index in [0.29, 0.717) is 11.8 Å². The topological polar surface area (TPSA) is 29.5 Å². The van der Waals surface area contributed by atoms with Crippen LogP contribution in [-0.4, -0.2) is 17.3 Å². The molecule has 0 radical (unpaired) electrons. The van der Waals surface area contributed by atoms with Crippen LogP contribution in [0.3, 0.4) is 0 Å². The summed E-state index contributed by atoms with van der Waals surface area (Å²) in [5.74, 6) is 1.90. The van der Waals surface area contributed by atoms with Crippen molar-refractivity contribution in [1.29, 1.82) is 0 Å². The fourth-order valence-electron chi connectivity index (χ4n) is 2.69. The van der Waals surface area contributed by atoms with Gasteiger partial charge >= 0.3 is 0 Å². The summed E-state index contributed by atoms with van der Waals surface area (Å²) in [7, 11) is 0. The van der Waals surface area contributed by atoms with Gasteiger partial charge in [0.05, 0.1) is 12.2 Å². The molecule has 1 aliphatic carbocycles. The zero-order chi connectivity index (χ0) is 12.4. The SMILES string of the molecule is CCC1C(O)CC1c1ccc(OC(C)C)cc1. The van der Waals surface area contributed by atoms with E-state index >= 15 is 0 Å². The van der Waals surface area contributed by atoms with Gasteiger partial charge in [-0.3, -0.25) is 0 Å². The number of ether oxygens (including phenoxy) is 1. The second kappa shape index (κ2) is 5.09. The lowest BCUT2D eigenvalue weighted by Gasteiger charge is -2.41. The van der Waals surface area contributed by atoms with Gasteiger partial charge in [0, 0.05) is 0 Å². The number of aliphatic hydroxyl groups is 1. The Balaban J connectivity index is 2.03. The summed E-state index contributed by atoms with van der Waals surface area (Å²) in [6.07, 6.45) is 2.07. The molecule has 2 heteroatoms. The predicted molar refractivity (Wildman–Crippen MR) is 69.4 cm³/mol. The first-order chi connectivity index (χ1) is 8.11. The van der Waals surface area contributed by atoms with E-state index in [1.807, 2.05) is 26.0 Å². The predicted octanol–water partition coefficient (Wildman–Crippen LogP) is 3.35. The van der Waals surface area contributed by atoms with Crippen molar-refractivity contribution in [3.8, 4) is 5.75 Å². The number of hydrogen-bond donors (Lipinski definition) is 1. The van der Waals surface area contributed by atoms with Crippen LogP contribution in [0.2, 0.25) is 0 Å². The fraction of sp³-hybridized carbons (Fsp3) is 0.600. The Morgan fingerprint density at radius 3 is 2.41 bits per heavy atom. The molecule has 0 heterocycles. The zero-order valence-corrected chi connectivity index (χ0v) is 10.9. The monoisotopic (exact) mass is 234 g/mol. The third kappa shape index (κ3) is 2.63. The largest absolute Gasteiger partial charge is 0.491 e. The summed E-state index contributed by atoms with van der Waals surface area (Å²) in [4.78, 5) is 0. The van der Waals surface area contributed by atoms with Crippen LogP contribution in [-0.2, 0) is 0 Å². The molecular weight excluding hydrogens is 212 g/mol. The molecule has 94 valence electrons. The van der Waals surface area contributed by atoms with Crippen molar-refractivity contribution < 1.29 is 9.84 Å². The average molecular weight is 234 g/mol. The van der Waals surface area contributed by atoms with Gasteiger partial charge in [0.25, 0.3) is 0 Å². The standard InChI is InChI=1S/C15H22O2/c1-4-13-14(9-15(13)16)11-5-7-12(8-6-11)17-10(2)3/h5-8,10,13-16H,4,9H2,1-3H3. The molecule has 1 aliphatic rings. The molecule has 1 N–H and O–H groups in total. The summed E-state index contributed by atoms with van der Waals surface area (Å²) in [6, 6.07) is 8.34. The van der Waals surface area contributed by atoms with Crippen LogP contribution < -0.4 is 4.74 Å². The van der Waals surface area contributed by atoms with Gasteiger partial charge in [-0.25, -0.2) is 0 Å². The van der Waals surface area contributed by atoms with E-state index in [1.54, 1.807) is 0 Å². The Kier molecular flexibility index (Phi) is 3.72. The summed E-state index contributed by atoms with van der Waals surface area (Å²) >= 11 is 0. The van der Waals surface area contributed by atoms with Gasteiger partial charge < -0.3 is 9.84 Å². The van der Waals surface area contributed by atoms with Gasteiger partial charge in [-0.05, 0) is 49.8 Å². The molecule has 3 unspecified atom stereocenters. The minimum Gasteiger partial charge on any atom is -0.491 e. The quantitative estimate of drug-likeness (QED) is 0.865. The highest BCUT2D eigenvalue weighted by atomic mass is 16.5. The van der Waals surface area contributed by atoms with Crippen molar-refractivity contribution in [2.45, 2.75) is 51.7 Å². The zero-order valence-electron chi connectivity index (χ0n) is 10.9. The van der Waals surface area contributed by atoms with Crippen LogP contribution in [0.15, 0.2) is 24.3 Å². The lowest BCUT2D eigenvalue weighted by atomic mass is 9.66. The lowest BCUT2D eigenvalue weighted by molar-refractivity contribution is -0.000738. The Morgan fingerprint density at radius 1 is 1.29 bits per heavy atom. The average Bonchev–Trinajstić information content (AvgIpc) is 2.27. The van der Waals surface area contributed by atoms with Crippen molar-refractivity contribution >= 4 is 0 Å². The van der Waals surface area contributed by atoms with Gasteiger partial charge in [-0.1, -0.05) is 25.5 Å². The van der Waals surface area contributed by atoms with Crippen molar-refractivity contribution in [3.05, 3.63) is 29.8 Å². The normalized spacial score (nSPS) is 27.9. The van der Waals surface area contributed by atoms with Gasteiger partial charge in [0.1, 0.15) is 5.75 Å². The van der Waals surface area contributed by atoms with Crippen LogP contribution in [0.5, 0.6) is 5.75 Å². The highest BCUT2D eigenvalue weighted by molar-refractivity contribution is 5.31. The Hall–Kier alpha value is -1.02. The smallest absolute Gasteiger partial charge is 0.119 e. The van der Waals surface area contributed by atoms with Crippen LogP contribution in [0.4, 0.5) is 0 Å². The molecule has 2 nitrogen and oxygen atoms in total. The molecule has 0 spiro atoms. The summed E-state index contributed by atoms with van der Waals surface area (Å²) in [6.45, 7) is 6.21. The molecule has 1 aromatic rings. The van der Waals surface area contributed by atoms with E-state index in [4.69, 9.17) is 4.74 Å². The van der Waals surface area contributed by atoms with E-state index < -0.39 is 0 Å². The van der Waals surface area contributed by atoms with E-state index in [9.17, 15) is 5.11 Å². The van der Waals surface area contributed by atoms with Gasteiger partial charge in [-0.2, -0.15) is 0 Å². The highest BCUT2D eigenvalue weighted by Gasteiger charge is 2.39. The van der Waals surface area contributed by atoms with Gasteiger partial charge in [0.15, 0.2) is 0 Å². The van der Waals surface area contributed by atoms with Crippen molar-refractivity contribution in [2.75, 3.05) is 0 Å². The first-order valence-corrected chi connectivity index (χ1v) is 6.56. The van der Waals surface area contributed by atoms with Gasteiger partial charge in [-0.15, -0.1) is 0 Å². The Labute approximate surface area is 104 Å². The van der Waals surface area contributed by atoms with Crippen molar-refractivity contribution in [1.82, 2.24) is 0 Å². The van der Waals surface area contributed by atoms with Crippen LogP contribution in [0, 0.1) is 5.92 Å². The maximum absolute atomic E-state index is 9.69. The number of hydrogen-bond acceptors (Lipinski definition) is 2. The van der Waals surface area contributed by atoms with E-state index in [-0.39, 0.29) is 12.2 Å². The minimum atomic E-state index is -0.100. The fourth-order valence-corrected chi connectivity index (χ4v) is 2.69. The van der Waals surface area contributed by atoms with E-state index in [2.05, 4.69) is 19.1 Å². The van der Waals surface area contributed by atoms with Crippen molar-refractivity contribution in [3.63, 3.8) is 0 Å². The van der Waals surface area contributed by atoms with Crippen LogP contribution in [0.1, 0.15) is 45.1 Å². The molecule has 0 aromatic heterocycles. The minimum absolute atomic E-state index is 0.100. The first-order valence-electron chi connectivity index (χ1n) is 6.56. The molecule has 1 fully saturated rings. The summed E-state index contributed by atoms with van der Waals surface area (Å²) in [5, 5.41) is 9.69. The second-order valence-electron chi connectivity index (χ2n) is 5.22. The number of rotatable bonds is 4. The molecule has 0 saturated heterocycles. The Bertz CT molecular complexity index is 356. The molecule has 0 amide bonds. The Morgan fingerprint density at radius 2 is 1.94 bits per heavy atom. The first kappa shape index (κ1) is 12.4. The molecule has 3 atom stereocenters. The third-order valence-corrected chi connectivity index (χ3v) is 3.66. The van der Waals surface area contributed by atoms with Gasteiger partial charge in [0.2, 0.25) is 0 Å². The molecule has 1 aromatic carbocycles. The second-order valence-corrected chi connectivity index (χ2v) is 5.22. The number of benzene rings is 1. The molecule has 2 rings (SSSR count). The molecule has 17 heavy (non-hydrogen) atoms. The maximum Gasteiger partial charge on any atom is 0.119 e. The van der Waals surface area contributed by atoms with Crippen LogP contribution >= 0.6 is 0 Å². The molecule has 1 saturated carbocycles. The van der Waals surface area contributed by atoms with E-state index in [0.717, 1.165) is 18.6 Å². The molecule has 0 aliphatic heterocycles. The van der Waals surface area contributed by atoms with Crippen LogP contribution in [0.25, 0.3) is 0 Å². The summed E-state index contributed by atoms with van der Waals surface area (Å²) < 4.78 is 5.63. The molecular formula is C15H22O2. The molecule has 0 bridgehead atoms. The van der Waals surface area contributed by atoms with E-state index in [1.165, 1.54) is 5.56 Å².